The molecular weight excluding hydrogens is 332 g/mol. The molecule has 0 amide bonds. The maximum atomic E-state index is 13.2. The van der Waals surface area contributed by atoms with Gasteiger partial charge >= 0.3 is 0 Å². The number of benzene rings is 3. The molecule has 1 heterocycles. The van der Waals surface area contributed by atoms with E-state index in [1.54, 1.807) is 16.7 Å². The summed E-state index contributed by atoms with van der Waals surface area (Å²) in [6.07, 6.45) is 0.548. The van der Waals surface area contributed by atoms with E-state index in [0.29, 0.717) is 33.9 Å². The fourth-order valence-electron chi connectivity index (χ4n) is 2.96. The third-order valence-electron chi connectivity index (χ3n) is 4.14. The largest absolute Gasteiger partial charge is 0.268 e. The zero-order chi connectivity index (χ0) is 17.2. The van der Waals surface area contributed by atoms with Crippen LogP contribution in [0.4, 0.5) is 0 Å². The second-order valence-electron chi connectivity index (χ2n) is 5.80. The highest BCUT2D eigenvalue weighted by molar-refractivity contribution is 6.32. The molecule has 25 heavy (non-hydrogen) atoms. The van der Waals surface area contributed by atoms with E-state index < -0.39 is 0 Å². The summed E-state index contributed by atoms with van der Waals surface area (Å²) >= 11 is 6.37. The van der Waals surface area contributed by atoms with Gasteiger partial charge in [0.2, 0.25) is 0 Å². The van der Waals surface area contributed by atoms with E-state index in [9.17, 15) is 4.79 Å². The first-order valence-corrected chi connectivity index (χ1v) is 8.41. The third kappa shape index (κ3) is 2.94. The molecule has 0 saturated heterocycles. The summed E-state index contributed by atoms with van der Waals surface area (Å²) in [5, 5.41) is 1.11. The minimum absolute atomic E-state index is 0.107. The van der Waals surface area contributed by atoms with E-state index in [1.165, 1.54) is 0 Å². The highest BCUT2D eigenvalue weighted by atomic mass is 35.5. The monoisotopic (exact) mass is 346 g/mol. The number of halogens is 1. The highest BCUT2D eigenvalue weighted by Crippen LogP contribution is 2.22. The van der Waals surface area contributed by atoms with Crippen molar-refractivity contribution in [3.05, 3.63) is 106 Å². The Labute approximate surface area is 150 Å². The van der Waals surface area contributed by atoms with Crippen molar-refractivity contribution in [2.45, 2.75) is 6.42 Å². The molecule has 0 atom stereocenters. The van der Waals surface area contributed by atoms with Gasteiger partial charge < -0.3 is 0 Å². The quantitative estimate of drug-likeness (QED) is 0.542. The molecule has 0 N–H and O–H groups in total. The molecular formula is C21H15ClN2O. The standard InChI is InChI=1S/C21H15ClN2O/c22-17-11-5-7-13-19(17)24-20(14-15-8-2-1-3-9-15)23-18-12-6-4-10-16(18)21(24)25/h1-13H,14H2. The summed E-state index contributed by atoms with van der Waals surface area (Å²) in [5.41, 5.74) is 2.33. The van der Waals surface area contributed by atoms with Gasteiger partial charge in [-0.25, -0.2) is 4.98 Å². The van der Waals surface area contributed by atoms with E-state index in [2.05, 4.69) is 0 Å². The molecule has 0 radical (unpaired) electrons. The van der Waals surface area contributed by atoms with Gasteiger partial charge in [0.1, 0.15) is 5.82 Å². The van der Waals surface area contributed by atoms with Crippen molar-refractivity contribution in [3.8, 4) is 5.69 Å². The summed E-state index contributed by atoms with van der Waals surface area (Å²) in [6.45, 7) is 0. The Balaban J connectivity index is 2.01. The lowest BCUT2D eigenvalue weighted by atomic mass is 10.1. The van der Waals surface area contributed by atoms with Crippen LogP contribution < -0.4 is 5.56 Å². The number of fused-ring (bicyclic) bond motifs is 1. The molecule has 4 rings (SSSR count). The summed E-state index contributed by atoms with van der Waals surface area (Å²) in [6, 6.07) is 24.7. The second-order valence-corrected chi connectivity index (χ2v) is 6.21. The molecule has 4 aromatic rings. The zero-order valence-corrected chi connectivity index (χ0v) is 14.1. The van der Waals surface area contributed by atoms with Gasteiger partial charge in [-0.2, -0.15) is 0 Å². The van der Waals surface area contributed by atoms with Crippen LogP contribution in [0.5, 0.6) is 0 Å². The van der Waals surface area contributed by atoms with Gasteiger partial charge in [-0.05, 0) is 29.8 Å². The molecule has 3 nitrogen and oxygen atoms in total. The van der Waals surface area contributed by atoms with Gasteiger partial charge in [-0.1, -0.05) is 66.2 Å². The number of para-hydroxylation sites is 2. The van der Waals surface area contributed by atoms with Gasteiger partial charge in [-0.15, -0.1) is 0 Å². The van der Waals surface area contributed by atoms with Gasteiger partial charge in [0.05, 0.1) is 21.6 Å². The van der Waals surface area contributed by atoms with Crippen LogP contribution in [-0.4, -0.2) is 9.55 Å². The molecule has 0 unspecified atom stereocenters. The average Bonchev–Trinajstić information content (AvgIpc) is 2.64. The van der Waals surface area contributed by atoms with Crippen LogP contribution in [0.15, 0.2) is 83.7 Å². The van der Waals surface area contributed by atoms with Crippen LogP contribution in [0.3, 0.4) is 0 Å². The van der Waals surface area contributed by atoms with Crippen molar-refractivity contribution in [3.63, 3.8) is 0 Å². The fourth-order valence-corrected chi connectivity index (χ4v) is 3.18. The Hall–Kier alpha value is -2.91. The van der Waals surface area contributed by atoms with Gasteiger partial charge in [0, 0.05) is 6.42 Å². The molecule has 0 aliphatic heterocycles. The van der Waals surface area contributed by atoms with Crippen LogP contribution >= 0.6 is 11.6 Å². The lowest BCUT2D eigenvalue weighted by Gasteiger charge is -2.15. The van der Waals surface area contributed by atoms with Gasteiger partial charge in [0.25, 0.3) is 5.56 Å². The second kappa shape index (κ2) is 6.54. The zero-order valence-electron chi connectivity index (χ0n) is 13.4. The summed E-state index contributed by atoms with van der Waals surface area (Å²) in [5.74, 6) is 0.669. The summed E-state index contributed by atoms with van der Waals surface area (Å²) in [4.78, 5) is 17.9. The van der Waals surface area contributed by atoms with Crippen molar-refractivity contribution in [1.82, 2.24) is 9.55 Å². The topological polar surface area (TPSA) is 34.9 Å². The van der Waals surface area contributed by atoms with E-state index in [-0.39, 0.29) is 5.56 Å². The summed E-state index contributed by atoms with van der Waals surface area (Å²) in [7, 11) is 0. The summed E-state index contributed by atoms with van der Waals surface area (Å²) < 4.78 is 1.62. The molecule has 4 heteroatoms. The third-order valence-corrected chi connectivity index (χ3v) is 4.46. The van der Waals surface area contributed by atoms with Gasteiger partial charge in [-0.3, -0.25) is 9.36 Å². The van der Waals surface area contributed by atoms with Crippen molar-refractivity contribution in [2.75, 3.05) is 0 Å². The molecule has 0 saturated carbocycles. The molecule has 0 spiro atoms. The van der Waals surface area contributed by atoms with Crippen LogP contribution in [0.25, 0.3) is 16.6 Å². The Morgan fingerprint density at radius 2 is 1.52 bits per heavy atom. The van der Waals surface area contributed by atoms with Crippen LogP contribution in [0, 0.1) is 0 Å². The molecule has 1 aromatic heterocycles. The molecule has 122 valence electrons. The molecule has 0 aliphatic carbocycles. The SMILES string of the molecule is O=c1c2ccccc2nc(Cc2ccccc2)n1-c1ccccc1Cl. The molecule has 0 aliphatic rings. The number of nitrogens with zero attached hydrogens (tertiary/aromatic N) is 2. The number of aromatic nitrogens is 2. The number of rotatable bonds is 3. The van der Waals surface area contributed by atoms with E-state index in [4.69, 9.17) is 16.6 Å². The molecule has 0 bridgehead atoms. The minimum atomic E-state index is -0.107. The van der Waals surface area contributed by atoms with Crippen LogP contribution in [0.1, 0.15) is 11.4 Å². The number of hydrogen-bond donors (Lipinski definition) is 0. The Kier molecular flexibility index (Phi) is 4.08. The first-order valence-electron chi connectivity index (χ1n) is 8.03. The van der Waals surface area contributed by atoms with Crippen molar-refractivity contribution < 1.29 is 0 Å². The Morgan fingerprint density at radius 3 is 2.32 bits per heavy atom. The fraction of sp³-hybridized carbons (Fsp3) is 0.0476. The van der Waals surface area contributed by atoms with Crippen molar-refractivity contribution >= 4 is 22.5 Å². The van der Waals surface area contributed by atoms with E-state index >= 15 is 0 Å². The highest BCUT2D eigenvalue weighted by Gasteiger charge is 2.14. The number of hydrogen-bond acceptors (Lipinski definition) is 2. The Bertz CT molecular complexity index is 1100. The maximum Gasteiger partial charge on any atom is 0.266 e. The van der Waals surface area contributed by atoms with E-state index in [1.807, 2.05) is 66.7 Å². The van der Waals surface area contributed by atoms with E-state index in [0.717, 1.165) is 5.56 Å². The minimum Gasteiger partial charge on any atom is -0.268 e. The maximum absolute atomic E-state index is 13.2. The normalized spacial score (nSPS) is 10.9. The molecule has 3 aromatic carbocycles. The average molecular weight is 347 g/mol. The molecule has 0 fully saturated rings. The van der Waals surface area contributed by atoms with Crippen LogP contribution in [-0.2, 0) is 6.42 Å². The smallest absolute Gasteiger partial charge is 0.266 e. The van der Waals surface area contributed by atoms with Crippen molar-refractivity contribution in [1.29, 1.82) is 0 Å². The lowest BCUT2D eigenvalue weighted by Crippen LogP contribution is -2.24. The van der Waals surface area contributed by atoms with Gasteiger partial charge in [0.15, 0.2) is 0 Å². The first-order chi connectivity index (χ1) is 12.2. The predicted octanol–water partition coefficient (Wildman–Crippen LogP) is 4.63. The first kappa shape index (κ1) is 15.6. The Morgan fingerprint density at radius 1 is 0.840 bits per heavy atom. The predicted molar refractivity (Wildman–Crippen MR) is 102 cm³/mol. The lowest BCUT2D eigenvalue weighted by molar-refractivity contribution is 0.850. The van der Waals surface area contributed by atoms with Crippen LogP contribution in [0.2, 0.25) is 5.02 Å². The van der Waals surface area contributed by atoms with Crippen molar-refractivity contribution in [2.24, 2.45) is 0 Å².